The van der Waals surface area contributed by atoms with Crippen molar-refractivity contribution in [1.29, 1.82) is 0 Å². The highest BCUT2D eigenvalue weighted by Crippen LogP contribution is 2.29. The lowest BCUT2D eigenvalue weighted by atomic mass is 10.1. The second-order valence-corrected chi connectivity index (χ2v) is 7.40. The third-order valence-corrected chi connectivity index (χ3v) is 5.12. The molecule has 30 heavy (non-hydrogen) atoms. The van der Waals surface area contributed by atoms with Crippen molar-refractivity contribution in [2.45, 2.75) is 12.8 Å². The molecule has 3 rings (SSSR count). The first-order valence-electron chi connectivity index (χ1n) is 9.43. The van der Waals surface area contributed by atoms with Gasteiger partial charge in [-0.05, 0) is 42.3 Å². The van der Waals surface area contributed by atoms with E-state index in [1.54, 1.807) is 42.5 Å². The molecule has 0 unspecified atom stereocenters. The summed E-state index contributed by atoms with van der Waals surface area (Å²) in [5, 5.41) is 9.39. The predicted molar refractivity (Wildman–Crippen MR) is 123 cm³/mol. The van der Waals surface area contributed by atoms with Gasteiger partial charge in [0.2, 0.25) is 11.8 Å². The molecule has 7 heteroatoms. The fraction of sp³-hybridized carbons (Fsp3) is 0.130. The topological polar surface area (TPSA) is 70.2 Å². The van der Waals surface area contributed by atoms with Gasteiger partial charge in [-0.2, -0.15) is 0 Å². The molecule has 3 aromatic rings. The molecule has 0 aliphatic rings. The fourth-order valence-corrected chi connectivity index (χ4v) is 3.19. The number of rotatable bonds is 8. The van der Waals surface area contributed by atoms with Gasteiger partial charge in [0.1, 0.15) is 0 Å². The quantitative estimate of drug-likeness (QED) is 0.424. The first-order chi connectivity index (χ1) is 14.5. The molecule has 0 aromatic heterocycles. The lowest BCUT2D eigenvalue weighted by molar-refractivity contribution is -0.116. The second-order valence-electron chi connectivity index (χ2n) is 6.62. The van der Waals surface area contributed by atoms with Crippen molar-refractivity contribution in [3.8, 4) is 0 Å². The van der Waals surface area contributed by atoms with E-state index in [1.165, 1.54) is 0 Å². The van der Waals surface area contributed by atoms with Gasteiger partial charge >= 0.3 is 0 Å². The van der Waals surface area contributed by atoms with Gasteiger partial charge in [-0.1, -0.05) is 65.7 Å². The van der Waals surface area contributed by atoms with Crippen molar-refractivity contribution in [1.82, 2.24) is 0 Å². The van der Waals surface area contributed by atoms with Gasteiger partial charge in [-0.15, -0.1) is 0 Å². The Morgan fingerprint density at radius 1 is 0.767 bits per heavy atom. The predicted octanol–water partition coefficient (Wildman–Crippen LogP) is 5.62. The molecule has 5 nitrogen and oxygen atoms in total. The molecule has 0 heterocycles. The summed E-state index contributed by atoms with van der Waals surface area (Å²) in [4.78, 5) is 24.4. The van der Waals surface area contributed by atoms with Crippen LogP contribution in [0.1, 0.15) is 12.0 Å². The van der Waals surface area contributed by atoms with E-state index in [1.807, 2.05) is 30.3 Å². The highest BCUT2D eigenvalue weighted by atomic mass is 35.5. The molecule has 0 atom stereocenters. The van der Waals surface area contributed by atoms with Crippen molar-refractivity contribution in [3.05, 3.63) is 88.4 Å². The Kier molecular flexibility index (Phi) is 7.71. The largest absolute Gasteiger partial charge is 0.375 e. The maximum absolute atomic E-state index is 12.2. The fourth-order valence-electron chi connectivity index (χ4n) is 2.82. The number of carbonyl (C=O) groups excluding carboxylic acids is 2. The standard InChI is InChI=1S/C23H21Cl2N3O2/c24-19-10-5-11-20(23(19)25)26-15-22(30)28-18-9-4-8-17(14-18)27-21(29)13-12-16-6-2-1-3-7-16/h1-11,14,26H,12-13,15H2,(H,27,29)(H,28,30). The average molecular weight is 442 g/mol. The molecular formula is C23H21Cl2N3O2. The van der Waals surface area contributed by atoms with E-state index in [-0.39, 0.29) is 18.4 Å². The number of carbonyl (C=O) groups is 2. The minimum absolute atomic E-state index is 0.0216. The minimum atomic E-state index is -0.251. The van der Waals surface area contributed by atoms with Crippen LogP contribution in [0, 0.1) is 0 Å². The van der Waals surface area contributed by atoms with E-state index < -0.39 is 0 Å². The van der Waals surface area contributed by atoms with E-state index in [0.29, 0.717) is 39.9 Å². The minimum Gasteiger partial charge on any atom is -0.375 e. The zero-order chi connectivity index (χ0) is 21.3. The van der Waals surface area contributed by atoms with Crippen molar-refractivity contribution < 1.29 is 9.59 Å². The third-order valence-electron chi connectivity index (χ3n) is 4.30. The Balaban J connectivity index is 1.50. The SMILES string of the molecule is O=C(CCc1ccccc1)Nc1cccc(NC(=O)CNc2cccc(Cl)c2Cl)c1. The molecule has 0 aliphatic heterocycles. The number of benzene rings is 3. The van der Waals surface area contributed by atoms with Gasteiger partial charge in [0, 0.05) is 17.8 Å². The molecule has 0 spiro atoms. The van der Waals surface area contributed by atoms with E-state index in [0.717, 1.165) is 5.56 Å². The van der Waals surface area contributed by atoms with Crippen LogP contribution >= 0.6 is 23.2 Å². The molecule has 0 saturated carbocycles. The molecule has 154 valence electrons. The highest BCUT2D eigenvalue weighted by molar-refractivity contribution is 6.43. The van der Waals surface area contributed by atoms with Crippen molar-refractivity contribution >= 4 is 52.1 Å². The molecular weight excluding hydrogens is 421 g/mol. The van der Waals surface area contributed by atoms with Crippen LogP contribution < -0.4 is 16.0 Å². The monoisotopic (exact) mass is 441 g/mol. The maximum atomic E-state index is 12.2. The summed E-state index contributed by atoms with van der Waals surface area (Å²) in [6.07, 6.45) is 1.05. The third kappa shape index (κ3) is 6.51. The van der Waals surface area contributed by atoms with E-state index in [4.69, 9.17) is 23.2 Å². The van der Waals surface area contributed by atoms with Crippen LogP contribution in [0.2, 0.25) is 10.0 Å². The van der Waals surface area contributed by atoms with Gasteiger partial charge < -0.3 is 16.0 Å². The Bertz CT molecular complexity index is 1030. The summed E-state index contributed by atoms with van der Waals surface area (Å²) in [7, 11) is 0. The summed E-state index contributed by atoms with van der Waals surface area (Å²) in [5.74, 6) is -0.335. The van der Waals surface area contributed by atoms with Gasteiger partial charge in [-0.3, -0.25) is 9.59 Å². The first kappa shape index (κ1) is 21.7. The number of anilines is 3. The van der Waals surface area contributed by atoms with Crippen LogP contribution in [-0.4, -0.2) is 18.4 Å². The second kappa shape index (κ2) is 10.7. The molecule has 2 amide bonds. The molecule has 0 radical (unpaired) electrons. The number of hydrogen-bond acceptors (Lipinski definition) is 3. The van der Waals surface area contributed by atoms with Gasteiger partial charge in [0.25, 0.3) is 0 Å². The number of nitrogens with one attached hydrogen (secondary N) is 3. The number of aryl methyl sites for hydroxylation is 1. The van der Waals surface area contributed by atoms with Crippen molar-refractivity contribution in [3.63, 3.8) is 0 Å². The molecule has 0 fully saturated rings. The Morgan fingerprint density at radius 3 is 2.17 bits per heavy atom. The first-order valence-corrected chi connectivity index (χ1v) is 10.2. The number of amides is 2. The van der Waals surface area contributed by atoms with Crippen LogP contribution in [0.4, 0.5) is 17.1 Å². The summed E-state index contributed by atoms with van der Waals surface area (Å²) in [5.41, 5.74) is 2.90. The lowest BCUT2D eigenvalue weighted by Gasteiger charge is -2.11. The van der Waals surface area contributed by atoms with Crippen molar-refractivity contribution in [2.75, 3.05) is 22.5 Å². The summed E-state index contributed by atoms with van der Waals surface area (Å²) >= 11 is 12.1. The summed E-state index contributed by atoms with van der Waals surface area (Å²) in [6, 6.07) is 22.0. The van der Waals surface area contributed by atoms with Gasteiger partial charge in [0.05, 0.1) is 22.3 Å². The van der Waals surface area contributed by atoms with Crippen LogP contribution in [0.25, 0.3) is 0 Å². The number of halogens is 2. The summed E-state index contributed by atoms with van der Waals surface area (Å²) in [6.45, 7) is 0.0216. The number of hydrogen-bond donors (Lipinski definition) is 3. The van der Waals surface area contributed by atoms with Crippen LogP contribution in [-0.2, 0) is 16.0 Å². The van der Waals surface area contributed by atoms with Crippen LogP contribution in [0.3, 0.4) is 0 Å². The van der Waals surface area contributed by atoms with Crippen LogP contribution in [0.15, 0.2) is 72.8 Å². The maximum Gasteiger partial charge on any atom is 0.243 e. The smallest absolute Gasteiger partial charge is 0.243 e. The molecule has 3 aromatic carbocycles. The molecule has 0 bridgehead atoms. The lowest BCUT2D eigenvalue weighted by Crippen LogP contribution is -2.22. The van der Waals surface area contributed by atoms with Gasteiger partial charge in [-0.25, -0.2) is 0 Å². The Labute approximate surface area is 185 Å². The molecule has 3 N–H and O–H groups in total. The van der Waals surface area contributed by atoms with E-state index >= 15 is 0 Å². The zero-order valence-corrected chi connectivity index (χ0v) is 17.6. The normalized spacial score (nSPS) is 10.3. The van der Waals surface area contributed by atoms with Crippen LogP contribution in [0.5, 0.6) is 0 Å². The van der Waals surface area contributed by atoms with Crippen molar-refractivity contribution in [2.24, 2.45) is 0 Å². The Hall–Kier alpha value is -3.02. The highest BCUT2D eigenvalue weighted by Gasteiger charge is 2.08. The van der Waals surface area contributed by atoms with E-state index in [2.05, 4.69) is 16.0 Å². The molecule has 0 aliphatic carbocycles. The Morgan fingerprint density at radius 2 is 1.43 bits per heavy atom. The zero-order valence-electron chi connectivity index (χ0n) is 16.1. The van der Waals surface area contributed by atoms with E-state index in [9.17, 15) is 9.59 Å². The summed E-state index contributed by atoms with van der Waals surface area (Å²) < 4.78 is 0. The molecule has 0 saturated heterocycles. The average Bonchev–Trinajstić information content (AvgIpc) is 2.74. The van der Waals surface area contributed by atoms with Gasteiger partial charge in [0.15, 0.2) is 0 Å².